The summed E-state index contributed by atoms with van der Waals surface area (Å²) in [6.45, 7) is 4.60. The van der Waals surface area contributed by atoms with Crippen LogP contribution in [0.2, 0.25) is 0 Å². The monoisotopic (exact) mass is 487 g/mol. The minimum atomic E-state index is -4.83. The fraction of sp³-hybridized carbons (Fsp3) is 0.333. The van der Waals surface area contributed by atoms with E-state index in [2.05, 4.69) is 14.8 Å². The molecule has 0 aliphatic heterocycles. The summed E-state index contributed by atoms with van der Waals surface area (Å²) >= 11 is 0. The first-order chi connectivity index (χ1) is 15.2. The van der Waals surface area contributed by atoms with Gasteiger partial charge in [-0.25, -0.2) is 13.1 Å². The number of nitrogens with one attached hydrogen (secondary N) is 2. The summed E-state index contributed by atoms with van der Waals surface area (Å²) < 4.78 is 67.7. The van der Waals surface area contributed by atoms with Crippen molar-refractivity contribution in [1.82, 2.24) is 9.62 Å². The number of nitrogens with zero attached hydrogens (tertiary/aromatic N) is 1. The van der Waals surface area contributed by atoms with Gasteiger partial charge in [0.15, 0.2) is 0 Å². The van der Waals surface area contributed by atoms with Gasteiger partial charge < -0.3 is 15.0 Å². The molecule has 0 unspecified atom stereocenters. The van der Waals surface area contributed by atoms with Gasteiger partial charge in [-0.2, -0.15) is 0 Å². The third-order valence-electron chi connectivity index (χ3n) is 4.24. The van der Waals surface area contributed by atoms with Crippen molar-refractivity contribution in [2.75, 3.05) is 18.9 Å². The Morgan fingerprint density at radius 3 is 2.24 bits per heavy atom. The summed E-state index contributed by atoms with van der Waals surface area (Å²) in [7, 11) is -2.45. The molecule has 2 N–H and O–H groups in total. The first-order valence-electron chi connectivity index (χ1n) is 9.72. The zero-order valence-corrected chi connectivity index (χ0v) is 19.2. The number of sulfonamides is 1. The molecule has 33 heavy (non-hydrogen) atoms. The quantitative estimate of drug-likeness (QED) is 0.595. The Bertz CT molecular complexity index is 1120. The first-order valence-corrected chi connectivity index (χ1v) is 11.2. The molecular weight excluding hydrogens is 463 g/mol. The summed E-state index contributed by atoms with van der Waals surface area (Å²) in [6, 6.07) is 8.32. The highest BCUT2D eigenvalue weighted by Gasteiger charge is 2.31. The van der Waals surface area contributed by atoms with E-state index in [1.807, 2.05) is 0 Å². The van der Waals surface area contributed by atoms with Crippen LogP contribution in [0.15, 0.2) is 47.4 Å². The Morgan fingerprint density at radius 1 is 1.09 bits per heavy atom. The van der Waals surface area contributed by atoms with E-state index in [1.54, 1.807) is 20.8 Å². The molecule has 12 heteroatoms. The van der Waals surface area contributed by atoms with Crippen LogP contribution in [0.25, 0.3) is 0 Å². The largest absolute Gasteiger partial charge is 0.573 e. The lowest BCUT2D eigenvalue weighted by molar-refractivity contribution is -0.274. The molecule has 0 saturated heterocycles. The predicted octanol–water partition coefficient (Wildman–Crippen LogP) is 3.29. The Hall–Kier alpha value is -3.12. The van der Waals surface area contributed by atoms with Gasteiger partial charge >= 0.3 is 6.36 Å². The zero-order valence-electron chi connectivity index (χ0n) is 18.4. The SMILES string of the molecule is Cc1ccc(S(=O)(=O)NC(C)C)cc1C(=O)N(C)CC(=O)Nc1ccc(OC(F)(F)F)cc1. The maximum absolute atomic E-state index is 12.8. The smallest absolute Gasteiger partial charge is 0.406 e. The van der Waals surface area contributed by atoms with Gasteiger partial charge in [0.1, 0.15) is 5.75 Å². The lowest BCUT2D eigenvalue weighted by Crippen LogP contribution is -2.35. The number of halogens is 3. The number of rotatable bonds is 8. The van der Waals surface area contributed by atoms with E-state index in [1.165, 1.54) is 37.4 Å². The van der Waals surface area contributed by atoms with Crippen molar-refractivity contribution in [3.8, 4) is 5.75 Å². The first kappa shape index (κ1) is 26.1. The van der Waals surface area contributed by atoms with E-state index in [9.17, 15) is 31.2 Å². The third-order valence-corrected chi connectivity index (χ3v) is 5.90. The van der Waals surface area contributed by atoms with Gasteiger partial charge in [-0.05, 0) is 62.7 Å². The van der Waals surface area contributed by atoms with Gasteiger partial charge in [-0.15, -0.1) is 13.2 Å². The normalized spacial score (nSPS) is 11.9. The molecule has 0 bridgehead atoms. The van der Waals surface area contributed by atoms with E-state index in [0.29, 0.717) is 5.56 Å². The average molecular weight is 488 g/mol. The molecule has 0 saturated carbocycles. The zero-order chi connectivity index (χ0) is 25.0. The number of aryl methyl sites for hydroxylation is 1. The number of carbonyl (C=O) groups is 2. The second-order valence-electron chi connectivity index (χ2n) is 7.53. The molecule has 2 aromatic carbocycles. The molecular formula is C21H24F3N3O5S. The van der Waals surface area contributed by atoms with Crippen LogP contribution in [-0.2, 0) is 14.8 Å². The fourth-order valence-corrected chi connectivity index (χ4v) is 4.09. The van der Waals surface area contributed by atoms with Gasteiger partial charge in [-0.3, -0.25) is 9.59 Å². The van der Waals surface area contributed by atoms with Gasteiger partial charge in [-0.1, -0.05) is 6.07 Å². The van der Waals surface area contributed by atoms with Gasteiger partial charge in [0, 0.05) is 24.3 Å². The molecule has 0 aliphatic rings. The molecule has 0 spiro atoms. The van der Waals surface area contributed by atoms with Gasteiger partial charge in [0.25, 0.3) is 5.91 Å². The van der Waals surface area contributed by atoms with Gasteiger partial charge in [0.05, 0.1) is 11.4 Å². The van der Waals surface area contributed by atoms with E-state index >= 15 is 0 Å². The van der Waals surface area contributed by atoms with E-state index in [4.69, 9.17) is 0 Å². The molecule has 0 aromatic heterocycles. The summed E-state index contributed by atoms with van der Waals surface area (Å²) in [5, 5.41) is 2.47. The molecule has 2 rings (SSSR count). The Labute approximate surface area is 189 Å². The number of alkyl halides is 3. The summed E-state index contributed by atoms with van der Waals surface area (Å²) in [5.74, 6) is -1.61. The summed E-state index contributed by atoms with van der Waals surface area (Å²) in [4.78, 5) is 26.1. The molecule has 2 amide bonds. The number of hydrogen-bond donors (Lipinski definition) is 2. The van der Waals surface area contributed by atoms with Crippen LogP contribution in [-0.4, -0.2) is 51.1 Å². The summed E-state index contributed by atoms with van der Waals surface area (Å²) in [6.07, 6.45) is -4.83. The highest BCUT2D eigenvalue weighted by molar-refractivity contribution is 7.89. The fourth-order valence-electron chi connectivity index (χ4n) is 2.81. The van der Waals surface area contributed by atoms with Crippen molar-refractivity contribution in [1.29, 1.82) is 0 Å². The summed E-state index contributed by atoms with van der Waals surface area (Å²) in [5.41, 5.74) is 0.848. The van der Waals surface area contributed by atoms with Crippen LogP contribution in [0, 0.1) is 6.92 Å². The number of amides is 2. The molecule has 0 radical (unpaired) electrons. The van der Waals surface area contributed by atoms with Crippen molar-refractivity contribution in [3.63, 3.8) is 0 Å². The number of benzene rings is 2. The molecule has 2 aromatic rings. The maximum atomic E-state index is 12.8. The highest BCUT2D eigenvalue weighted by atomic mass is 32.2. The molecule has 0 aliphatic carbocycles. The van der Waals surface area contributed by atoms with Crippen molar-refractivity contribution in [2.45, 2.75) is 38.1 Å². The van der Waals surface area contributed by atoms with E-state index < -0.39 is 33.9 Å². The van der Waals surface area contributed by atoms with Crippen molar-refractivity contribution in [3.05, 3.63) is 53.6 Å². The molecule has 180 valence electrons. The number of carbonyl (C=O) groups excluding carboxylic acids is 2. The molecule has 0 heterocycles. The van der Waals surface area contributed by atoms with Crippen LogP contribution in [0.5, 0.6) is 5.75 Å². The van der Waals surface area contributed by atoms with E-state index in [0.717, 1.165) is 17.0 Å². The maximum Gasteiger partial charge on any atom is 0.573 e. The second kappa shape index (κ2) is 10.2. The number of likely N-dealkylation sites (N-methyl/N-ethyl adjacent to an activating group) is 1. The Morgan fingerprint density at radius 2 is 1.70 bits per heavy atom. The molecule has 0 atom stereocenters. The lowest BCUT2D eigenvalue weighted by atomic mass is 10.1. The average Bonchev–Trinajstić information content (AvgIpc) is 2.67. The molecule has 0 fully saturated rings. The van der Waals surface area contributed by atoms with Crippen LogP contribution < -0.4 is 14.8 Å². The van der Waals surface area contributed by atoms with Crippen LogP contribution >= 0.6 is 0 Å². The second-order valence-corrected chi connectivity index (χ2v) is 9.25. The Kier molecular flexibility index (Phi) is 8.09. The van der Waals surface area contributed by atoms with Crippen LogP contribution in [0.4, 0.5) is 18.9 Å². The lowest BCUT2D eigenvalue weighted by Gasteiger charge is -2.19. The Balaban J connectivity index is 2.08. The topological polar surface area (TPSA) is 105 Å². The minimum Gasteiger partial charge on any atom is -0.406 e. The van der Waals surface area contributed by atoms with Gasteiger partial charge in [0.2, 0.25) is 15.9 Å². The predicted molar refractivity (Wildman–Crippen MR) is 115 cm³/mol. The van der Waals surface area contributed by atoms with Crippen LogP contribution in [0.1, 0.15) is 29.8 Å². The highest BCUT2D eigenvalue weighted by Crippen LogP contribution is 2.24. The van der Waals surface area contributed by atoms with Crippen molar-refractivity contribution in [2.24, 2.45) is 0 Å². The van der Waals surface area contributed by atoms with Crippen LogP contribution in [0.3, 0.4) is 0 Å². The number of ether oxygens (including phenoxy) is 1. The number of anilines is 1. The minimum absolute atomic E-state index is 0.0795. The van der Waals surface area contributed by atoms with Crippen molar-refractivity contribution < 1.29 is 35.9 Å². The van der Waals surface area contributed by atoms with E-state index in [-0.39, 0.29) is 28.7 Å². The molecule has 8 nitrogen and oxygen atoms in total. The van der Waals surface area contributed by atoms with Crippen molar-refractivity contribution >= 4 is 27.5 Å². The standard InChI is InChI=1S/C21H24F3N3O5S/c1-13(2)26-33(30,31)17-10-5-14(3)18(11-17)20(29)27(4)12-19(28)25-15-6-8-16(9-7-15)32-21(22,23)24/h5-11,13,26H,12H2,1-4H3,(H,25,28). The third kappa shape index (κ3) is 7.75. The number of hydrogen-bond acceptors (Lipinski definition) is 5.